The number of fused-ring (bicyclic) bond motifs is 1. The minimum atomic E-state index is 0.442. The van der Waals surface area contributed by atoms with Crippen molar-refractivity contribution in [1.29, 1.82) is 0 Å². The average Bonchev–Trinajstić information content (AvgIpc) is 2.84. The number of pyridine rings is 1. The molecule has 1 aliphatic heterocycles. The highest BCUT2D eigenvalue weighted by Crippen LogP contribution is 2.32. The van der Waals surface area contributed by atoms with Gasteiger partial charge < -0.3 is 9.64 Å². The van der Waals surface area contributed by atoms with Crippen LogP contribution in [0.2, 0.25) is 0 Å². The Balaban J connectivity index is 1.48. The van der Waals surface area contributed by atoms with E-state index in [1.54, 1.807) is 0 Å². The smallest absolute Gasteiger partial charge is 0.318 e. The van der Waals surface area contributed by atoms with Crippen LogP contribution in [0, 0.1) is 6.92 Å². The number of aromatic nitrogens is 3. The Morgan fingerprint density at radius 1 is 0.875 bits per heavy atom. The molecule has 5 rings (SSSR count). The van der Waals surface area contributed by atoms with Crippen molar-refractivity contribution in [2.24, 2.45) is 0 Å². The molecule has 0 radical (unpaired) electrons. The van der Waals surface area contributed by atoms with Gasteiger partial charge in [-0.2, -0.15) is 9.97 Å². The first kappa shape index (κ1) is 20.4. The van der Waals surface area contributed by atoms with E-state index in [0.29, 0.717) is 12.6 Å². The van der Waals surface area contributed by atoms with Crippen molar-refractivity contribution in [2.45, 2.75) is 32.6 Å². The lowest BCUT2D eigenvalue weighted by Gasteiger charge is -2.29. The van der Waals surface area contributed by atoms with Gasteiger partial charge in [0.2, 0.25) is 0 Å². The molecule has 0 unspecified atom stereocenters. The molecule has 0 spiro atoms. The van der Waals surface area contributed by atoms with Crippen molar-refractivity contribution in [1.82, 2.24) is 15.0 Å². The largest absolute Gasteiger partial charge is 0.463 e. The monoisotopic (exact) mass is 424 g/mol. The molecule has 0 amide bonds. The summed E-state index contributed by atoms with van der Waals surface area (Å²) in [5.74, 6) is 0.983. The van der Waals surface area contributed by atoms with Crippen LogP contribution in [0.3, 0.4) is 0 Å². The second-order valence-corrected chi connectivity index (χ2v) is 8.40. The number of hydrogen-bond acceptors (Lipinski definition) is 5. The first-order chi connectivity index (χ1) is 15.8. The van der Waals surface area contributed by atoms with Crippen LogP contribution < -0.4 is 9.64 Å². The molecule has 32 heavy (non-hydrogen) atoms. The first-order valence-corrected chi connectivity index (χ1v) is 11.4. The maximum atomic E-state index is 5.99. The van der Waals surface area contributed by atoms with Crippen LogP contribution >= 0.6 is 0 Å². The zero-order valence-electron chi connectivity index (χ0n) is 18.5. The summed E-state index contributed by atoms with van der Waals surface area (Å²) in [5.41, 5.74) is 5.59. The number of hydrogen-bond donors (Lipinski definition) is 0. The number of aryl methyl sites for hydroxylation is 1. The molecule has 3 heterocycles. The van der Waals surface area contributed by atoms with Crippen LogP contribution in [0.4, 0.5) is 5.82 Å². The number of anilines is 1. The summed E-state index contributed by atoms with van der Waals surface area (Å²) >= 11 is 0. The summed E-state index contributed by atoms with van der Waals surface area (Å²) in [7, 11) is 0. The van der Waals surface area contributed by atoms with E-state index < -0.39 is 0 Å². The molecule has 4 aromatic rings. The third-order valence-corrected chi connectivity index (χ3v) is 5.98. The van der Waals surface area contributed by atoms with Gasteiger partial charge in [0.05, 0.1) is 12.1 Å². The van der Waals surface area contributed by atoms with E-state index in [9.17, 15) is 0 Å². The minimum absolute atomic E-state index is 0.442. The van der Waals surface area contributed by atoms with Crippen LogP contribution in [0.25, 0.3) is 22.0 Å². The predicted molar refractivity (Wildman–Crippen MR) is 129 cm³/mol. The highest BCUT2D eigenvalue weighted by Gasteiger charge is 2.18. The molecule has 5 nitrogen and oxygen atoms in total. The van der Waals surface area contributed by atoms with Gasteiger partial charge in [-0.3, -0.25) is 4.98 Å². The van der Waals surface area contributed by atoms with Crippen LogP contribution in [-0.2, 0) is 6.42 Å². The van der Waals surface area contributed by atoms with Gasteiger partial charge in [0, 0.05) is 36.8 Å². The number of benzene rings is 2. The molecular formula is C27H28N4O. The summed E-state index contributed by atoms with van der Waals surface area (Å²) in [6.45, 7) is 4.67. The van der Waals surface area contributed by atoms with Gasteiger partial charge in [0.1, 0.15) is 5.82 Å². The molecule has 1 fully saturated rings. The standard InChI is InChI=1S/C27H28N4O/c1-20-8-7-9-21(18-20)22-11-12-25-24(19-22)26(31-15-5-2-6-16-31)30-27(29-25)32-17-13-23-10-3-4-14-28-23/h3-4,7-12,14,18-19H,2,5-6,13,15-17H2,1H3. The zero-order valence-corrected chi connectivity index (χ0v) is 18.5. The Hall–Kier alpha value is -3.47. The van der Waals surface area contributed by atoms with E-state index in [-0.39, 0.29) is 0 Å². The van der Waals surface area contributed by atoms with E-state index in [2.05, 4.69) is 59.3 Å². The second-order valence-electron chi connectivity index (χ2n) is 8.40. The molecule has 0 atom stereocenters. The fraction of sp³-hybridized carbons (Fsp3) is 0.296. The number of ether oxygens (including phenoxy) is 1. The lowest BCUT2D eigenvalue weighted by molar-refractivity contribution is 0.296. The Bertz CT molecular complexity index is 1200. The normalized spacial score (nSPS) is 14.0. The van der Waals surface area contributed by atoms with Gasteiger partial charge in [-0.1, -0.05) is 42.0 Å². The molecule has 0 N–H and O–H groups in total. The van der Waals surface area contributed by atoms with E-state index >= 15 is 0 Å². The molecule has 2 aromatic carbocycles. The lowest BCUT2D eigenvalue weighted by Crippen LogP contribution is -2.30. The molecule has 162 valence electrons. The first-order valence-electron chi connectivity index (χ1n) is 11.4. The highest BCUT2D eigenvalue weighted by molar-refractivity contribution is 5.93. The van der Waals surface area contributed by atoms with Crippen molar-refractivity contribution >= 4 is 16.7 Å². The van der Waals surface area contributed by atoms with Gasteiger partial charge >= 0.3 is 6.01 Å². The van der Waals surface area contributed by atoms with E-state index in [4.69, 9.17) is 14.7 Å². The highest BCUT2D eigenvalue weighted by atomic mass is 16.5. The fourth-order valence-corrected chi connectivity index (χ4v) is 4.30. The fourth-order valence-electron chi connectivity index (χ4n) is 4.30. The third-order valence-electron chi connectivity index (χ3n) is 5.98. The number of nitrogens with zero attached hydrogens (tertiary/aromatic N) is 4. The SMILES string of the molecule is Cc1cccc(-c2ccc3nc(OCCc4ccccn4)nc(N4CCCCC4)c3c2)c1. The quantitative estimate of drug-likeness (QED) is 0.403. The van der Waals surface area contributed by atoms with Gasteiger partial charge in [-0.05, 0) is 61.6 Å². The van der Waals surface area contributed by atoms with Crippen molar-refractivity contribution in [3.63, 3.8) is 0 Å². The molecule has 0 aliphatic carbocycles. The van der Waals surface area contributed by atoms with E-state index in [0.717, 1.165) is 41.9 Å². The summed E-state index contributed by atoms with van der Waals surface area (Å²) in [4.78, 5) is 16.4. The molecule has 0 bridgehead atoms. The summed E-state index contributed by atoms with van der Waals surface area (Å²) in [6, 6.07) is 21.4. The van der Waals surface area contributed by atoms with Crippen LogP contribution in [0.1, 0.15) is 30.5 Å². The number of piperidine rings is 1. The van der Waals surface area contributed by atoms with Crippen LogP contribution in [-0.4, -0.2) is 34.6 Å². The van der Waals surface area contributed by atoms with E-state index in [1.807, 2.05) is 24.4 Å². The van der Waals surface area contributed by atoms with Crippen LogP contribution in [0.15, 0.2) is 66.9 Å². The van der Waals surface area contributed by atoms with Crippen molar-refractivity contribution in [3.05, 3.63) is 78.1 Å². The summed E-state index contributed by atoms with van der Waals surface area (Å²) < 4.78 is 5.99. The predicted octanol–water partition coefficient (Wildman–Crippen LogP) is 5.61. The minimum Gasteiger partial charge on any atom is -0.463 e. The molecule has 2 aromatic heterocycles. The average molecular weight is 425 g/mol. The molecule has 5 heteroatoms. The Morgan fingerprint density at radius 3 is 2.56 bits per heavy atom. The third kappa shape index (κ3) is 4.57. The van der Waals surface area contributed by atoms with Gasteiger partial charge in [0.15, 0.2) is 0 Å². The Morgan fingerprint density at radius 2 is 1.75 bits per heavy atom. The Kier molecular flexibility index (Phi) is 5.97. The molecular weight excluding hydrogens is 396 g/mol. The van der Waals surface area contributed by atoms with Crippen molar-refractivity contribution in [3.8, 4) is 17.1 Å². The number of rotatable bonds is 6. The molecule has 1 saturated heterocycles. The maximum Gasteiger partial charge on any atom is 0.318 e. The van der Waals surface area contributed by atoms with Crippen LogP contribution in [0.5, 0.6) is 6.01 Å². The topological polar surface area (TPSA) is 51.1 Å². The summed E-state index contributed by atoms with van der Waals surface area (Å²) in [6.07, 6.45) is 6.20. The van der Waals surface area contributed by atoms with Crippen molar-refractivity contribution in [2.75, 3.05) is 24.6 Å². The van der Waals surface area contributed by atoms with Gasteiger partial charge in [-0.25, -0.2) is 0 Å². The maximum absolute atomic E-state index is 5.99. The van der Waals surface area contributed by atoms with Crippen molar-refractivity contribution < 1.29 is 4.74 Å². The van der Waals surface area contributed by atoms with E-state index in [1.165, 1.54) is 36.0 Å². The molecule has 0 saturated carbocycles. The molecule has 1 aliphatic rings. The summed E-state index contributed by atoms with van der Waals surface area (Å²) in [5, 5.41) is 1.09. The lowest BCUT2D eigenvalue weighted by atomic mass is 10.0. The van der Waals surface area contributed by atoms with Gasteiger partial charge in [-0.15, -0.1) is 0 Å². The second kappa shape index (κ2) is 9.35. The zero-order chi connectivity index (χ0) is 21.8. The van der Waals surface area contributed by atoms with Gasteiger partial charge in [0.25, 0.3) is 0 Å². The Labute approximate surface area is 189 Å².